The Morgan fingerprint density at radius 3 is 1.71 bits per heavy atom. The largest absolute Gasteiger partial charge is 0.330 e. The molecular formula is C14H35N3. The van der Waals surface area contributed by atoms with E-state index in [-0.39, 0.29) is 0 Å². The number of nitrogens with one attached hydrogen (secondary N) is 1. The second-order valence-corrected chi connectivity index (χ2v) is 4.45. The summed E-state index contributed by atoms with van der Waals surface area (Å²) in [4.78, 5) is 0. The van der Waals surface area contributed by atoms with E-state index in [0.717, 1.165) is 26.2 Å². The van der Waals surface area contributed by atoms with Crippen LogP contribution in [-0.4, -0.2) is 26.2 Å². The number of rotatable bonds is 11. The van der Waals surface area contributed by atoms with Gasteiger partial charge >= 0.3 is 0 Å². The zero-order chi connectivity index (χ0) is 13.2. The lowest BCUT2D eigenvalue weighted by Gasteiger charge is -2.00. The zero-order valence-electron chi connectivity index (χ0n) is 12.1. The summed E-state index contributed by atoms with van der Waals surface area (Å²) in [5.74, 6) is 0. The summed E-state index contributed by atoms with van der Waals surface area (Å²) in [7, 11) is 0. The van der Waals surface area contributed by atoms with Gasteiger partial charge in [-0.05, 0) is 25.9 Å². The van der Waals surface area contributed by atoms with Crippen molar-refractivity contribution >= 4 is 0 Å². The molecule has 0 heterocycles. The van der Waals surface area contributed by atoms with Crippen molar-refractivity contribution in [3.8, 4) is 0 Å². The molecule has 0 spiro atoms. The van der Waals surface area contributed by atoms with Gasteiger partial charge in [-0.25, -0.2) is 0 Å². The highest BCUT2D eigenvalue weighted by Gasteiger charge is 1.86. The van der Waals surface area contributed by atoms with E-state index in [9.17, 15) is 0 Å². The summed E-state index contributed by atoms with van der Waals surface area (Å²) >= 11 is 0. The second-order valence-electron chi connectivity index (χ2n) is 4.45. The average molecular weight is 245 g/mol. The fourth-order valence-electron chi connectivity index (χ4n) is 1.47. The normalized spacial score (nSPS) is 9.88. The predicted octanol–water partition coefficient (Wildman–Crippen LogP) is 2.64. The van der Waals surface area contributed by atoms with Crippen molar-refractivity contribution in [2.24, 2.45) is 11.5 Å². The van der Waals surface area contributed by atoms with E-state index in [1.54, 1.807) is 0 Å². The Kier molecular flexibility index (Phi) is 24.0. The van der Waals surface area contributed by atoms with Crippen LogP contribution in [0.1, 0.15) is 65.2 Å². The molecule has 0 aliphatic rings. The minimum absolute atomic E-state index is 0.758. The van der Waals surface area contributed by atoms with Gasteiger partial charge in [0, 0.05) is 13.1 Å². The first-order chi connectivity index (χ1) is 8.33. The smallest absolute Gasteiger partial charge is 0.00745 e. The van der Waals surface area contributed by atoms with E-state index in [2.05, 4.69) is 19.2 Å². The van der Waals surface area contributed by atoms with Gasteiger partial charge in [0.15, 0.2) is 0 Å². The molecule has 0 aromatic carbocycles. The molecule has 0 aromatic heterocycles. The Morgan fingerprint density at radius 1 is 0.647 bits per heavy atom. The van der Waals surface area contributed by atoms with Crippen LogP contribution in [0.25, 0.3) is 0 Å². The third kappa shape index (κ3) is 25.8. The molecule has 0 aromatic rings. The molecule has 0 aliphatic heterocycles. The molecule has 0 atom stereocenters. The summed E-state index contributed by atoms with van der Waals surface area (Å²) in [5, 5.41) is 3.27. The highest BCUT2D eigenvalue weighted by Crippen LogP contribution is 1.96. The molecule has 3 heteroatoms. The first-order valence-electron chi connectivity index (χ1n) is 7.44. The SMILES string of the molecule is CCCCCCN.CCCCCCNCCN. The Bertz CT molecular complexity index is 95.6. The van der Waals surface area contributed by atoms with E-state index in [4.69, 9.17) is 11.5 Å². The lowest BCUT2D eigenvalue weighted by molar-refractivity contribution is 0.602. The number of hydrogen-bond donors (Lipinski definition) is 3. The second kappa shape index (κ2) is 21.2. The van der Waals surface area contributed by atoms with Gasteiger partial charge in [-0.2, -0.15) is 0 Å². The predicted molar refractivity (Wildman–Crippen MR) is 79.3 cm³/mol. The maximum absolute atomic E-state index is 5.31. The van der Waals surface area contributed by atoms with Crippen LogP contribution in [0.15, 0.2) is 0 Å². The minimum Gasteiger partial charge on any atom is -0.330 e. The van der Waals surface area contributed by atoms with Gasteiger partial charge in [-0.15, -0.1) is 0 Å². The van der Waals surface area contributed by atoms with Crippen molar-refractivity contribution in [2.45, 2.75) is 65.2 Å². The first kappa shape index (κ1) is 19.2. The Labute approximate surface area is 109 Å². The molecule has 0 unspecified atom stereocenters. The van der Waals surface area contributed by atoms with E-state index in [1.165, 1.54) is 51.4 Å². The third-order valence-corrected chi connectivity index (χ3v) is 2.59. The molecule has 0 bridgehead atoms. The maximum Gasteiger partial charge on any atom is 0.00745 e. The van der Waals surface area contributed by atoms with Gasteiger partial charge < -0.3 is 16.8 Å². The van der Waals surface area contributed by atoms with Gasteiger partial charge in [-0.3, -0.25) is 0 Å². The monoisotopic (exact) mass is 245 g/mol. The Hall–Kier alpha value is -0.120. The lowest BCUT2D eigenvalue weighted by Crippen LogP contribution is -2.23. The highest BCUT2D eigenvalue weighted by molar-refractivity contribution is 4.48. The minimum atomic E-state index is 0.758. The van der Waals surface area contributed by atoms with Crippen molar-refractivity contribution in [1.29, 1.82) is 0 Å². The molecule has 5 N–H and O–H groups in total. The summed E-state index contributed by atoms with van der Waals surface area (Å²) < 4.78 is 0. The van der Waals surface area contributed by atoms with E-state index in [1.807, 2.05) is 0 Å². The maximum atomic E-state index is 5.31. The standard InChI is InChI=1S/C8H20N2.C6H15N/c1-2-3-4-5-7-10-8-6-9;1-2-3-4-5-6-7/h10H,2-9H2,1H3;2-7H2,1H3. The van der Waals surface area contributed by atoms with E-state index < -0.39 is 0 Å². The number of unbranched alkanes of at least 4 members (excludes halogenated alkanes) is 6. The van der Waals surface area contributed by atoms with Crippen LogP contribution >= 0.6 is 0 Å². The van der Waals surface area contributed by atoms with Gasteiger partial charge in [0.1, 0.15) is 0 Å². The van der Waals surface area contributed by atoms with Crippen molar-refractivity contribution in [2.75, 3.05) is 26.2 Å². The van der Waals surface area contributed by atoms with Crippen LogP contribution in [0, 0.1) is 0 Å². The molecule has 0 aliphatic carbocycles. The van der Waals surface area contributed by atoms with Crippen LogP contribution in [0.4, 0.5) is 0 Å². The molecule has 0 saturated heterocycles. The molecule has 0 amide bonds. The molecule has 0 rings (SSSR count). The van der Waals surface area contributed by atoms with Crippen molar-refractivity contribution in [3.63, 3.8) is 0 Å². The third-order valence-electron chi connectivity index (χ3n) is 2.59. The Morgan fingerprint density at radius 2 is 1.24 bits per heavy atom. The summed E-state index contributed by atoms with van der Waals surface area (Å²) in [6.07, 6.45) is 10.5. The van der Waals surface area contributed by atoms with Gasteiger partial charge in [0.25, 0.3) is 0 Å². The molecule has 0 saturated carbocycles. The van der Waals surface area contributed by atoms with Crippen LogP contribution in [0.3, 0.4) is 0 Å². The first-order valence-corrected chi connectivity index (χ1v) is 7.44. The summed E-state index contributed by atoms with van der Waals surface area (Å²) in [6, 6.07) is 0. The summed E-state index contributed by atoms with van der Waals surface area (Å²) in [6.45, 7) is 8.15. The van der Waals surface area contributed by atoms with E-state index in [0.29, 0.717) is 0 Å². The van der Waals surface area contributed by atoms with Crippen LogP contribution in [0.2, 0.25) is 0 Å². The lowest BCUT2D eigenvalue weighted by atomic mass is 10.2. The summed E-state index contributed by atoms with van der Waals surface area (Å²) in [5.41, 5.74) is 10.6. The molecule has 106 valence electrons. The number of nitrogens with two attached hydrogens (primary N) is 2. The topological polar surface area (TPSA) is 64.1 Å². The molecule has 3 nitrogen and oxygen atoms in total. The molecule has 0 fully saturated rings. The van der Waals surface area contributed by atoms with Gasteiger partial charge in [0.2, 0.25) is 0 Å². The molecule has 17 heavy (non-hydrogen) atoms. The van der Waals surface area contributed by atoms with Crippen LogP contribution < -0.4 is 16.8 Å². The van der Waals surface area contributed by atoms with Crippen molar-refractivity contribution in [1.82, 2.24) is 5.32 Å². The molecule has 0 radical (unpaired) electrons. The van der Waals surface area contributed by atoms with Gasteiger partial charge in [0.05, 0.1) is 0 Å². The van der Waals surface area contributed by atoms with Gasteiger partial charge in [-0.1, -0.05) is 52.4 Å². The van der Waals surface area contributed by atoms with Crippen LogP contribution in [-0.2, 0) is 0 Å². The fraction of sp³-hybridized carbons (Fsp3) is 1.00. The molecular weight excluding hydrogens is 210 g/mol. The zero-order valence-corrected chi connectivity index (χ0v) is 12.1. The van der Waals surface area contributed by atoms with Crippen molar-refractivity contribution in [3.05, 3.63) is 0 Å². The quantitative estimate of drug-likeness (QED) is 0.490. The van der Waals surface area contributed by atoms with Crippen LogP contribution in [0.5, 0.6) is 0 Å². The fourth-order valence-corrected chi connectivity index (χ4v) is 1.47. The number of hydrogen-bond acceptors (Lipinski definition) is 3. The average Bonchev–Trinajstić information content (AvgIpc) is 2.35. The van der Waals surface area contributed by atoms with E-state index >= 15 is 0 Å². The Balaban J connectivity index is 0. The van der Waals surface area contributed by atoms with Crippen molar-refractivity contribution < 1.29 is 0 Å². The highest BCUT2D eigenvalue weighted by atomic mass is 14.9.